The van der Waals surface area contributed by atoms with Crippen molar-refractivity contribution in [2.45, 2.75) is 0 Å². The topological polar surface area (TPSA) is 72.6 Å². The van der Waals surface area contributed by atoms with Crippen LogP contribution in [0.4, 0.5) is 11.4 Å². The highest BCUT2D eigenvalue weighted by Gasteiger charge is 2.08. The van der Waals surface area contributed by atoms with Crippen molar-refractivity contribution in [3.8, 4) is 0 Å². The quantitative estimate of drug-likeness (QED) is 0.405. The third-order valence-electron chi connectivity index (χ3n) is 1.54. The van der Waals surface area contributed by atoms with Gasteiger partial charge in [-0.2, -0.15) is 0 Å². The Bertz CT molecular complexity index is 374. The van der Waals surface area contributed by atoms with Crippen LogP contribution in [0.15, 0.2) is 30.0 Å². The van der Waals surface area contributed by atoms with Crippen molar-refractivity contribution in [1.29, 1.82) is 0 Å². The summed E-state index contributed by atoms with van der Waals surface area (Å²) >= 11 is 0. The zero-order valence-corrected chi connectivity index (χ0v) is 6.64. The van der Waals surface area contributed by atoms with E-state index in [-0.39, 0.29) is 11.4 Å². The highest BCUT2D eigenvalue weighted by atomic mass is 16.6. The molecule has 0 heterocycles. The Kier molecular flexibility index (Phi) is 2.49. The first-order valence-electron chi connectivity index (χ1n) is 3.43. The Morgan fingerprint density at radius 1 is 1.54 bits per heavy atom. The van der Waals surface area contributed by atoms with Crippen LogP contribution in [-0.4, -0.2) is 4.92 Å². The molecule has 1 rings (SSSR count). The van der Waals surface area contributed by atoms with E-state index in [1.165, 1.54) is 24.3 Å². The second-order valence-electron chi connectivity index (χ2n) is 2.30. The van der Waals surface area contributed by atoms with Gasteiger partial charge in [0.25, 0.3) is 5.69 Å². The molecule has 13 heavy (non-hydrogen) atoms. The molecule has 0 aliphatic rings. The van der Waals surface area contributed by atoms with Crippen LogP contribution in [0, 0.1) is 15.0 Å². The number of nitroso groups, excluding NO2 is 1. The van der Waals surface area contributed by atoms with Crippen molar-refractivity contribution in [1.82, 2.24) is 0 Å². The summed E-state index contributed by atoms with van der Waals surface area (Å²) in [6.07, 6.45) is 1.35. The molecule has 0 spiro atoms. The fraction of sp³-hybridized carbons (Fsp3) is 0. The van der Waals surface area contributed by atoms with Crippen LogP contribution in [0.25, 0.3) is 6.08 Å². The number of hydrogen-bond acceptors (Lipinski definition) is 4. The van der Waals surface area contributed by atoms with Crippen molar-refractivity contribution < 1.29 is 4.92 Å². The SMILES string of the molecule is C=Cc1cc([N+](=O)[O-])ccc1N=O. The maximum atomic E-state index is 10.3. The Labute approximate surface area is 73.8 Å². The van der Waals surface area contributed by atoms with Gasteiger partial charge in [0.2, 0.25) is 0 Å². The molecule has 0 radical (unpaired) electrons. The molecule has 0 atom stereocenters. The molecule has 0 unspecified atom stereocenters. The van der Waals surface area contributed by atoms with E-state index < -0.39 is 4.92 Å². The van der Waals surface area contributed by atoms with Crippen molar-refractivity contribution in [2.75, 3.05) is 0 Å². The summed E-state index contributed by atoms with van der Waals surface area (Å²) in [5.74, 6) is 0. The number of nitro benzene ring substituents is 1. The maximum absolute atomic E-state index is 10.3. The summed E-state index contributed by atoms with van der Waals surface area (Å²) < 4.78 is 0. The number of benzene rings is 1. The number of nitrogens with zero attached hydrogens (tertiary/aromatic N) is 2. The van der Waals surface area contributed by atoms with E-state index in [1.54, 1.807) is 0 Å². The summed E-state index contributed by atoms with van der Waals surface area (Å²) in [6.45, 7) is 3.42. The molecule has 5 heteroatoms. The number of rotatable bonds is 3. The zero-order valence-electron chi connectivity index (χ0n) is 6.64. The average molecular weight is 178 g/mol. The molecule has 0 aromatic heterocycles. The fourth-order valence-corrected chi connectivity index (χ4v) is 0.902. The van der Waals surface area contributed by atoms with E-state index in [0.29, 0.717) is 5.56 Å². The Morgan fingerprint density at radius 3 is 2.69 bits per heavy atom. The van der Waals surface area contributed by atoms with Gasteiger partial charge in [-0.3, -0.25) is 10.1 Å². The lowest BCUT2D eigenvalue weighted by atomic mass is 10.1. The van der Waals surface area contributed by atoms with E-state index >= 15 is 0 Å². The third kappa shape index (κ3) is 1.76. The molecule has 0 fully saturated rings. The van der Waals surface area contributed by atoms with E-state index in [2.05, 4.69) is 11.8 Å². The molecule has 66 valence electrons. The Morgan fingerprint density at radius 2 is 2.23 bits per heavy atom. The predicted molar refractivity (Wildman–Crippen MR) is 48.6 cm³/mol. The van der Waals surface area contributed by atoms with E-state index in [1.807, 2.05) is 0 Å². The minimum absolute atomic E-state index is 0.0812. The monoisotopic (exact) mass is 178 g/mol. The summed E-state index contributed by atoms with van der Waals surface area (Å²) in [5, 5.41) is 13.0. The van der Waals surface area contributed by atoms with Gasteiger partial charge in [0.15, 0.2) is 0 Å². The molecular weight excluding hydrogens is 172 g/mol. The van der Waals surface area contributed by atoms with E-state index in [9.17, 15) is 15.0 Å². The van der Waals surface area contributed by atoms with Crippen LogP contribution in [-0.2, 0) is 0 Å². The molecule has 5 nitrogen and oxygen atoms in total. The minimum atomic E-state index is -0.540. The summed E-state index contributed by atoms with van der Waals surface area (Å²) in [5.41, 5.74) is 0.437. The summed E-state index contributed by atoms with van der Waals surface area (Å²) in [4.78, 5) is 20.0. The van der Waals surface area contributed by atoms with Crippen molar-refractivity contribution >= 4 is 17.5 Å². The van der Waals surface area contributed by atoms with Crippen molar-refractivity contribution in [2.24, 2.45) is 5.18 Å². The zero-order chi connectivity index (χ0) is 9.84. The van der Waals surface area contributed by atoms with Crippen LogP contribution >= 0.6 is 0 Å². The highest BCUT2D eigenvalue weighted by molar-refractivity contribution is 5.65. The number of non-ortho nitro benzene ring substituents is 1. The minimum Gasteiger partial charge on any atom is -0.258 e. The van der Waals surface area contributed by atoms with E-state index in [0.717, 1.165) is 0 Å². The highest BCUT2D eigenvalue weighted by Crippen LogP contribution is 2.24. The molecular formula is C8H6N2O3. The molecule has 0 saturated carbocycles. The first kappa shape index (κ1) is 9.05. The smallest absolute Gasteiger partial charge is 0.258 e. The van der Waals surface area contributed by atoms with Gasteiger partial charge < -0.3 is 0 Å². The first-order valence-corrected chi connectivity index (χ1v) is 3.43. The molecule has 0 bridgehead atoms. The molecule has 0 aliphatic carbocycles. The molecule has 0 aliphatic heterocycles. The Balaban J connectivity index is 3.28. The third-order valence-corrected chi connectivity index (χ3v) is 1.54. The Hall–Kier alpha value is -2.04. The van der Waals surface area contributed by atoms with Gasteiger partial charge in [0.1, 0.15) is 5.69 Å². The number of hydrogen-bond donors (Lipinski definition) is 0. The van der Waals surface area contributed by atoms with Crippen LogP contribution < -0.4 is 0 Å². The first-order chi connectivity index (χ1) is 6.19. The summed E-state index contributed by atoms with van der Waals surface area (Å²) in [6, 6.07) is 3.77. The van der Waals surface area contributed by atoms with Gasteiger partial charge in [-0.1, -0.05) is 12.7 Å². The molecule has 1 aromatic carbocycles. The van der Waals surface area contributed by atoms with Gasteiger partial charge in [-0.15, -0.1) is 4.91 Å². The van der Waals surface area contributed by atoms with Gasteiger partial charge in [0, 0.05) is 17.7 Å². The van der Waals surface area contributed by atoms with Crippen molar-refractivity contribution in [3.63, 3.8) is 0 Å². The lowest BCUT2D eigenvalue weighted by Crippen LogP contribution is -1.87. The van der Waals surface area contributed by atoms with Crippen molar-refractivity contribution in [3.05, 3.63) is 45.4 Å². The normalized spacial score (nSPS) is 9.23. The predicted octanol–water partition coefficient (Wildman–Crippen LogP) is 2.64. The van der Waals surface area contributed by atoms with Gasteiger partial charge in [0.05, 0.1) is 4.92 Å². The molecule has 0 saturated heterocycles. The van der Waals surface area contributed by atoms with Gasteiger partial charge in [-0.05, 0) is 11.2 Å². The fourth-order valence-electron chi connectivity index (χ4n) is 0.902. The maximum Gasteiger partial charge on any atom is 0.270 e. The standard InChI is InChI=1S/C8H6N2O3/c1-2-6-5-7(10(12)13)3-4-8(6)9-11/h2-5H,1H2. The molecule has 0 N–H and O–H groups in total. The van der Waals surface area contributed by atoms with Crippen LogP contribution in [0.3, 0.4) is 0 Å². The lowest BCUT2D eigenvalue weighted by molar-refractivity contribution is -0.384. The van der Waals surface area contributed by atoms with Gasteiger partial charge in [-0.25, -0.2) is 0 Å². The largest absolute Gasteiger partial charge is 0.270 e. The van der Waals surface area contributed by atoms with Crippen LogP contribution in [0.2, 0.25) is 0 Å². The second kappa shape index (κ2) is 3.57. The van der Waals surface area contributed by atoms with Gasteiger partial charge >= 0.3 is 0 Å². The van der Waals surface area contributed by atoms with Crippen LogP contribution in [0.5, 0.6) is 0 Å². The average Bonchev–Trinajstić information content (AvgIpc) is 2.16. The summed E-state index contributed by atoms with van der Waals surface area (Å²) in [7, 11) is 0. The lowest BCUT2D eigenvalue weighted by Gasteiger charge is -1.96. The number of nitro groups is 1. The molecule has 1 aromatic rings. The van der Waals surface area contributed by atoms with E-state index in [4.69, 9.17) is 0 Å². The second-order valence-corrected chi connectivity index (χ2v) is 2.30. The molecule has 0 amide bonds. The van der Waals surface area contributed by atoms with Crippen LogP contribution in [0.1, 0.15) is 5.56 Å².